The molecule has 4 nitrogen and oxygen atoms in total. The van der Waals surface area contributed by atoms with Gasteiger partial charge in [0.25, 0.3) is 0 Å². The molecule has 4 heteroatoms. The van der Waals surface area contributed by atoms with E-state index < -0.39 is 0 Å². The maximum atomic E-state index is 12.8. The van der Waals surface area contributed by atoms with Crippen LogP contribution in [-0.2, 0) is 11.2 Å². The Kier molecular flexibility index (Phi) is 5.11. The Morgan fingerprint density at radius 2 is 1.68 bits per heavy atom. The molecule has 0 radical (unpaired) electrons. The van der Waals surface area contributed by atoms with E-state index in [1.807, 2.05) is 84.9 Å². The third kappa shape index (κ3) is 3.76. The van der Waals surface area contributed by atoms with Crippen molar-refractivity contribution in [2.75, 3.05) is 7.11 Å². The van der Waals surface area contributed by atoms with E-state index in [9.17, 15) is 4.79 Å². The second-order valence-corrected chi connectivity index (χ2v) is 6.59. The highest BCUT2D eigenvalue weighted by Crippen LogP contribution is 2.28. The van der Waals surface area contributed by atoms with E-state index in [-0.39, 0.29) is 18.4 Å². The maximum Gasteiger partial charge on any atom is 0.225 e. The molecule has 1 heterocycles. The smallest absolute Gasteiger partial charge is 0.225 e. The van der Waals surface area contributed by atoms with E-state index in [4.69, 9.17) is 9.15 Å². The van der Waals surface area contributed by atoms with Gasteiger partial charge in [-0.15, -0.1) is 0 Å². The zero-order chi connectivity index (χ0) is 19.3. The summed E-state index contributed by atoms with van der Waals surface area (Å²) in [5.74, 6) is 1.32. The Hall–Kier alpha value is -3.53. The number of hydrogen-bond acceptors (Lipinski definition) is 3. The molecule has 3 aromatic carbocycles. The molecular weight excluding hydrogens is 350 g/mol. The predicted octanol–water partition coefficient (Wildman–Crippen LogP) is 4.89. The maximum absolute atomic E-state index is 12.8. The van der Waals surface area contributed by atoms with Crippen LogP contribution in [0.15, 0.2) is 89.3 Å². The molecule has 4 aromatic rings. The van der Waals surface area contributed by atoms with Crippen molar-refractivity contribution in [1.29, 1.82) is 0 Å². The summed E-state index contributed by atoms with van der Waals surface area (Å²) in [5, 5.41) is 4.13. The van der Waals surface area contributed by atoms with Gasteiger partial charge in [0.2, 0.25) is 5.91 Å². The monoisotopic (exact) mass is 371 g/mol. The lowest BCUT2D eigenvalue weighted by atomic mass is 10.0. The molecule has 0 fully saturated rings. The van der Waals surface area contributed by atoms with Crippen LogP contribution in [0.4, 0.5) is 0 Å². The van der Waals surface area contributed by atoms with Crippen molar-refractivity contribution in [2.24, 2.45) is 0 Å². The number of methoxy groups -OCH3 is 1. The normalized spacial score (nSPS) is 11.9. The van der Waals surface area contributed by atoms with E-state index >= 15 is 0 Å². The second-order valence-electron chi connectivity index (χ2n) is 6.59. The molecule has 0 bridgehead atoms. The summed E-state index contributed by atoms with van der Waals surface area (Å²) in [7, 11) is 1.61. The number of benzene rings is 3. The number of amides is 1. The Morgan fingerprint density at radius 1 is 0.964 bits per heavy atom. The Morgan fingerprint density at radius 3 is 2.46 bits per heavy atom. The molecule has 1 unspecified atom stereocenters. The van der Waals surface area contributed by atoms with Gasteiger partial charge in [0.05, 0.1) is 13.5 Å². The summed E-state index contributed by atoms with van der Waals surface area (Å²) < 4.78 is 11.4. The summed E-state index contributed by atoms with van der Waals surface area (Å²) in [5.41, 5.74) is 2.62. The number of fused-ring (bicyclic) bond motifs is 1. The molecule has 4 rings (SSSR count). The first-order valence-corrected chi connectivity index (χ1v) is 9.19. The van der Waals surface area contributed by atoms with E-state index in [1.165, 1.54) is 0 Å². The van der Waals surface area contributed by atoms with E-state index in [0.29, 0.717) is 11.5 Å². The molecular formula is C24H21NO3. The molecule has 1 N–H and O–H groups in total. The summed E-state index contributed by atoms with van der Waals surface area (Å²) in [6, 6.07) is 26.8. The van der Waals surface area contributed by atoms with Crippen molar-refractivity contribution in [3.8, 4) is 5.75 Å². The van der Waals surface area contributed by atoms with Crippen LogP contribution >= 0.6 is 0 Å². The quantitative estimate of drug-likeness (QED) is 0.525. The molecule has 0 aliphatic carbocycles. The standard InChI is InChI=1S/C24H21NO3/c1-27-20-13-7-5-12-19(20)16-23(26)25-24(17-9-3-2-4-10-17)22-15-18-11-6-8-14-21(18)28-22/h2-15,24H,16H2,1H3,(H,25,26). The lowest BCUT2D eigenvalue weighted by Gasteiger charge is -2.18. The fourth-order valence-corrected chi connectivity index (χ4v) is 3.34. The minimum atomic E-state index is -0.365. The number of carbonyl (C=O) groups is 1. The molecule has 1 aromatic heterocycles. The van der Waals surface area contributed by atoms with Gasteiger partial charge >= 0.3 is 0 Å². The molecule has 140 valence electrons. The van der Waals surface area contributed by atoms with Crippen LogP contribution in [0.25, 0.3) is 11.0 Å². The zero-order valence-electron chi connectivity index (χ0n) is 15.6. The molecule has 0 aliphatic heterocycles. The molecule has 0 saturated carbocycles. The number of carbonyl (C=O) groups excluding carboxylic acids is 1. The van der Waals surface area contributed by atoms with Crippen LogP contribution < -0.4 is 10.1 Å². The van der Waals surface area contributed by atoms with Crippen LogP contribution in [-0.4, -0.2) is 13.0 Å². The van der Waals surface area contributed by atoms with Gasteiger partial charge in [-0.1, -0.05) is 66.7 Å². The molecule has 28 heavy (non-hydrogen) atoms. The second kappa shape index (κ2) is 8.01. The molecule has 0 spiro atoms. The van der Waals surface area contributed by atoms with E-state index in [2.05, 4.69) is 5.32 Å². The number of nitrogens with one attached hydrogen (secondary N) is 1. The molecule has 0 aliphatic rings. The van der Waals surface area contributed by atoms with Gasteiger partial charge in [0.1, 0.15) is 23.1 Å². The first-order chi connectivity index (χ1) is 13.7. The largest absolute Gasteiger partial charge is 0.496 e. The lowest BCUT2D eigenvalue weighted by molar-refractivity contribution is -0.121. The topological polar surface area (TPSA) is 51.5 Å². The average Bonchev–Trinajstić information content (AvgIpc) is 3.17. The molecule has 1 amide bonds. The number of para-hydroxylation sites is 2. The summed E-state index contributed by atoms with van der Waals surface area (Å²) in [4.78, 5) is 12.8. The zero-order valence-corrected chi connectivity index (χ0v) is 15.6. The summed E-state index contributed by atoms with van der Waals surface area (Å²) >= 11 is 0. The Labute approximate surface area is 163 Å². The first-order valence-electron chi connectivity index (χ1n) is 9.19. The number of rotatable bonds is 6. The van der Waals surface area contributed by atoms with Crippen LogP contribution in [0.3, 0.4) is 0 Å². The molecule has 0 saturated heterocycles. The van der Waals surface area contributed by atoms with Crippen LogP contribution in [0, 0.1) is 0 Å². The first kappa shape index (κ1) is 17.9. The van der Waals surface area contributed by atoms with Gasteiger partial charge in [-0.3, -0.25) is 4.79 Å². The fourth-order valence-electron chi connectivity index (χ4n) is 3.34. The Bertz CT molecular complexity index is 1050. The van der Waals surface area contributed by atoms with Gasteiger partial charge in [-0.2, -0.15) is 0 Å². The highest BCUT2D eigenvalue weighted by Gasteiger charge is 2.21. The van der Waals surface area contributed by atoms with Crippen molar-refractivity contribution in [3.05, 3.63) is 102 Å². The third-order valence-electron chi connectivity index (χ3n) is 4.71. The minimum absolute atomic E-state index is 0.0983. The highest BCUT2D eigenvalue weighted by atomic mass is 16.5. The lowest BCUT2D eigenvalue weighted by Crippen LogP contribution is -2.30. The van der Waals surface area contributed by atoms with Gasteiger partial charge in [-0.05, 0) is 23.8 Å². The summed E-state index contributed by atoms with van der Waals surface area (Å²) in [6.07, 6.45) is 0.230. The van der Waals surface area contributed by atoms with Crippen LogP contribution in [0.2, 0.25) is 0 Å². The average molecular weight is 371 g/mol. The number of furan rings is 1. The third-order valence-corrected chi connectivity index (χ3v) is 4.71. The van der Waals surface area contributed by atoms with Crippen molar-refractivity contribution in [1.82, 2.24) is 5.32 Å². The van der Waals surface area contributed by atoms with Gasteiger partial charge in [0.15, 0.2) is 0 Å². The van der Waals surface area contributed by atoms with E-state index in [1.54, 1.807) is 7.11 Å². The predicted molar refractivity (Wildman–Crippen MR) is 109 cm³/mol. The van der Waals surface area contributed by atoms with Gasteiger partial charge in [0, 0.05) is 10.9 Å². The van der Waals surface area contributed by atoms with Gasteiger partial charge < -0.3 is 14.5 Å². The molecule has 1 atom stereocenters. The van der Waals surface area contributed by atoms with Crippen molar-refractivity contribution in [3.63, 3.8) is 0 Å². The highest BCUT2D eigenvalue weighted by molar-refractivity contribution is 5.81. The van der Waals surface area contributed by atoms with E-state index in [0.717, 1.165) is 22.1 Å². The van der Waals surface area contributed by atoms with Crippen molar-refractivity contribution < 1.29 is 13.9 Å². The Balaban J connectivity index is 1.63. The SMILES string of the molecule is COc1ccccc1CC(=O)NC(c1ccccc1)c1cc2ccccc2o1. The van der Waals surface area contributed by atoms with Crippen LogP contribution in [0.5, 0.6) is 5.75 Å². The summed E-state index contributed by atoms with van der Waals surface area (Å²) in [6.45, 7) is 0. The van der Waals surface area contributed by atoms with Crippen molar-refractivity contribution in [2.45, 2.75) is 12.5 Å². The van der Waals surface area contributed by atoms with Gasteiger partial charge in [-0.25, -0.2) is 0 Å². The number of ether oxygens (including phenoxy) is 1. The van der Waals surface area contributed by atoms with Crippen LogP contribution in [0.1, 0.15) is 22.9 Å². The van der Waals surface area contributed by atoms with Crippen molar-refractivity contribution >= 4 is 16.9 Å². The minimum Gasteiger partial charge on any atom is -0.496 e. The fraction of sp³-hybridized carbons (Fsp3) is 0.125. The number of hydrogen-bond donors (Lipinski definition) is 1.